The summed E-state index contributed by atoms with van der Waals surface area (Å²) in [6, 6.07) is 0. The van der Waals surface area contributed by atoms with E-state index < -0.39 is 0 Å². The molecule has 0 aromatic heterocycles. The van der Waals surface area contributed by atoms with Crippen LogP contribution >= 0.6 is 11.6 Å². The molecule has 0 aromatic carbocycles. The zero-order valence-corrected chi connectivity index (χ0v) is 11.1. The number of hydrogen-bond acceptors (Lipinski definition) is 0. The van der Waals surface area contributed by atoms with E-state index in [-0.39, 0.29) is 0 Å². The molecule has 0 aliphatic heterocycles. The van der Waals surface area contributed by atoms with E-state index in [1.165, 1.54) is 38.5 Å². The first-order chi connectivity index (χ1) is 7.81. The van der Waals surface area contributed by atoms with Crippen molar-refractivity contribution in [3.63, 3.8) is 0 Å². The van der Waals surface area contributed by atoms with Crippen LogP contribution in [0.4, 0.5) is 0 Å². The van der Waals surface area contributed by atoms with Crippen molar-refractivity contribution < 1.29 is 0 Å². The quantitative estimate of drug-likeness (QED) is 0.471. The molecule has 0 nitrogen and oxygen atoms in total. The van der Waals surface area contributed by atoms with Crippen molar-refractivity contribution in [3.8, 4) is 0 Å². The average Bonchev–Trinajstić information content (AvgIpc) is 2.80. The van der Waals surface area contributed by atoms with E-state index in [1.807, 2.05) is 0 Å². The summed E-state index contributed by atoms with van der Waals surface area (Å²) in [6.07, 6.45) is 14.6. The van der Waals surface area contributed by atoms with Crippen LogP contribution in [0, 0.1) is 23.7 Å². The second-order valence-corrected chi connectivity index (χ2v) is 7.27. The molecule has 3 fully saturated rings. The molecule has 2 bridgehead atoms. The normalized spacial score (nSPS) is 48.2. The molecule has 0 amide bonds. The molecule has 3 rings (SSSR count). The summed E-state index contributed by atoms with van der Waals surface area (Å²) in [5.41, 5.74) is 0. The maximum absolute atomic E-state index is 6.38. The summed E-state index contributed by atoms with van der Waals surface area (Å²) in [5, 5.41) is 0.492. The van der Waals surface area contributed by atoms with Crippen LogP contribution < -0.4 is 0 Å². The molecule has 0 heterocycles. The van der Waals surface area contributed by atoms with Gasteiger partial charge in [-0.1, -0.05) is 25.7 Å². The molecule has 3 saturated carbocycles. The molecule has 0 radical (unpaired) electrons. The standard InChI is InChI=1S/C15H25Cl/c16-15-4-2-1-3-11(10-15)8-14-9-12-5-6-13(14)7-12/h11-15H,1-10H2. The number of rotatable bonds is 2. The first-order valence-electron chi connectivity index (χ1n) is 7.45. The summed E-state index contributed by atoms with van der Waals surface area (Å²) < 4.78 is 0. The van der Waals surface area contributed by atoms with Crippen LogP contribution in [-0.4, -0.2) is 5.38 Å². The summed E-state index contributed by atoms with van der Waals surface area (Å²) in [6.45, 7) is 0. The minimum atomic E-state index is 0.492. The molecule has 3 aliphatic carbocycles. The van der Waals surface area contributed by atoms with E-state index in [4.69, 9.17) is 11.6 Å². The summed E-state index contributed by atoms with van der Waals surface area (Å²) in [7, 11) is 0. The highest BCUT2D eigenvalue weighted by molar-refractivity contribution is 6.20. The number of fused-ring (bicyclic) bond motifs is 2. The zero-order valence-electron chi connectivity index (χ0n) is 10.3. The topological polar surface area (TPSA) is 0 Å². The lowest BCUT2D eigenvalue weighted by Gasteiger charge is -2.26. The van der Waals surface area contributed by atoms with E-state index in [2.05, 4.69) is 0 Å². The molecular weight excluding hydrogens is 216 g/mol. The highest BCUT2D eigenvalue weighted by Gasteiger charge is 2.40. The monoisotopic (exact) mass is 240 g/mol. The largest absolute Gasteiger partial charge is 0.123 e. The third-order valence-electron chi connectivity index (χ3n) is 5.49. The van der Waals surface area contributed by atoms with Gasteiger partial charge in [-0.15, -0.1) is 11.6 Å². The Morgan fingerprint density at radius 1 is 0.875 bits per heavy atom. The predicted molar refractivity (Wildman–Crippen MR) is 69.8 cm³/mol. The lowest BCUT2D eigenvalue weighted by atomic mass is 9.80. The molecule has 0 spiro atoms. The average molecular weight is 241 g/mol. The Kier molecular flexibility index (Phi) is 3.47. The summed E-state index contributed by atoms with van der Waals surface area (Å²) in [4.78, 5) is 0. The van der Waals surface area contributed by atoms with Crippen LogP contribution in [0.15, 0.2) is 0 Å². The van der Waals surface area contributed by atoms with Crippen LogP contribution in [0.2, 0.25) is 0 Å². The Balaban J connectivity index is 1.53. The van der Waals surface area contributed by atoms with Crippen LogP contribution in [-0.2, 0) is 0 Å². The SMILES string of the molecule is ClC1CCCCC(CC2CC3CCC2C3)C1. The van der Waals surface area contributed by atoms with Crippen molar-refractivity contribution >= 4 is 11.6 Å². The maximum Gasteiger partial charge on any atom is 0.0338 e. The minimum Gasteiger partial charge on any atom is -0.123 e. The molecule has 0 N–H and O–H groups in total. The molecule has 5 atom stereocenters. The van der Waals surface area contributed by atoms with E-state index in [0.717, 1.165) is 23.7 Å². The Morgan fingerprint density at radius 3 is 2.50 bits per heavy atom. The first-order valence-corrected chi connectivity index (χ1v) is 7.89. The highest BCUT2D eigenvalue weighted by Crippen LogP contribution is 2.51. The second-order valence-electron chi connectivity index (χ2n) is 6.65. The number of halogens is 1. The van der Waals surface area contributed by atoms with Gasteiger partial charge < -0.3 is 0 Å². The van der Waals surface area contributed by atoms with E-state index in [9.17, 15) is 0 Å². The fourth-order valence-electron chi connectivity index (χ4n) is 4.70. The molecule has 16 heavy (non-hydrogen) atoms. The van der Waals surface area contributed by atoms with Gasteiger partial charge in [0.25, 0.3) is 0 Å². The molecule has 0 aromatic rings. The number of hydrogen-bond donors (Lipinski definition) is 0. The Bertz CT molecular complexity index is 238. The van der Waals surface area contributed by atoms with Gasteiger partial charge in [-0.25, -0.2) is 0 Å². The van der Waals surface area contributed by atoms with E-state index in [0.29, 0.717) is 5.38 Å². The van der Waals surface area contributed by atoms with Gasteiger partial charge in [0.05, 0.1) is 0 Å². The van der Waals surface area contributed by atoms with Gasteiger partial charge in [-0.3, -0.25) is 0 Å². The van der Waals surface area contributed by atoms with E-state index in [1.54, 1.807) is 25.7 Å². The van der Waals surface area contributed by atoms with Gasteiger partial charge in [-0.05, 0) is 62.2 Å². The van der Waals surface area contributed by atoms with Gasteiger partial charge in [0.1, 0.15) is 0 Å². The fourth-order valence-corrected chi connectivity index (χ4v) is 5.11. The third kappa shape index (κ3) is 2.42. The first kappa shape index (κ1) is 11.4. The van der Waals surface area contributed by atoms with Gasteiger partial charge in [-0.2, -0.15) is 0 Å². The van der Waals surface area contributed by atoms with Gasteiger partial charge in [0.15, 0.2) is 0 Å². The molecular formula is C15H25Cl. The lowest BCUT2D eigenvalue weighted by molar-refractivity contribution is 0.254. The number of alkyl halides is 1. The summed E-state index contributed by atoms with van der Waals surface area (Å²) in [5.74, 6) is 4.29. The van der Waals surface area contributed by atoms with Crippen molar-refractivity contribution in [2.24, 2.45) is 23.7 Å². The predicted octanol–water partition coefficient (Wildman–Crippen LogP) is 5.00. The minimum absolute atomic E-state index is 0.492. The van der Waals surface area contributed by atoms with Crippen LogP contribution in [0.1, 0.15) is 64.2 Å². The Morgan fingerprint density at radius 2 is 1.75 bits per heavy atom. The molecule has 3 aliphatic rings. The van der Waals surface area contributed by atoms with Crippen molar-refractivity contribution in [3.05, 3.63) is 0 Å². The molecule has 0 saturated heterocycles. The lowest BCUT2D eigenvalue weighted by Crippen LogP contribution is -2.16. The molecule has 5 unspecified atom stereocenters. The van der Waals surface area contributed by atoms with Gasteiger partial charge in [0.2, 0.25) is 0 Å². The van der Waals surface area contributed by atoms with Crippen LogP contribution in [0.25, 0.3) is 0 Å². The van der Waals surface area contributed by atoms with Gasteiger partial charge >= 0.3 is 0 Å². The van der Waals surface area contributed by atoms with Gasteiger partial charge in [0, 0.05) is 5.38 Å². The van der Waals surface area contributed by atoms with E-state index >= 15 is 0 Å². The molecule has 1 heteroatoms. The molecule has 92 valence electrons. The highest BCUT2D eigenvalue weighted by atomic mass is 35.5. The van der Waals surface area contributed by atoms with Crippen molar-refractivity contribution in [2.75, 3.05) is 0 Å². The maximum atomic E-state index is 6.38. The fraction of sp³-hybridized carbons (Fsp3) is 1.00. The van der Waals surface area contributed by atoms with Crippen LogP contribution in [0.5, 0.6) is 0 Å². The third-order valence-corrected chi connectivity index (χ3v) is 5.89. The van der Waals surface area contributed by atoms with Crippen molar-refractivity contribution in [1.29, 1.82) is 0 Å². The van der Waals surface area contributed by atoms with Crippen LogP contribution in [0.3, 0.4) is 0 Å². The van der Waals surface area contributed by atoms with Crippen molar-refractivity contribution in [1.82, 2.24) is 0 Å². The zero-order chi connectivity index (χ0) is 11.0. The second kappa shape index (κ2) is 4.88. The smallest absolute Gasteiger partial charge is 0.0338 e. The summed E-state index contributed by atoms with van der Waals surface area (Å²) >= 11 is 6.38. The Labute approximate surface area is 105 Å². The Hall–Kier alpha value is 0.290. The van der Waals surface area contributed by atoms with Crippen molar-refractivity contribution in [2.45, 2.75) is 69.6 Å².